The van der Waals surface area contributed by atoms with Gasteiger partial charge in [0.2, 0.25) is 0 Å². The molecule has 0 bridgehead atoms. The third-order valence-corrected chi connectivity index (χ3v) is 3.43. The number of hydrogen-bond donors (Lipinski definition) is 2. The number of nitrogens with one attached hydrogen (secondary N) is 1. The standard InChI is InChI=1S/C14H17F2N3/c1-7(2)8(3)13-12(14(17)19-18-13)9-4-10(15)6-11(16)5-9/h4-8H,1-3H3,(H3,17,18,19). The lowest BCUT2D eigenvalue weighted by molar-refractivity contribution is 0.523. The van der Waals surface area contributed by atoms with E-state index < -0.39 is 11.6 Å². The fraction of sp³-hybridized carbons (Fsp3) is 0.357. The highest BCUT2D eigenvalue weighted by Gasteiger charge is 2.21. The number of anilines is 1. The minimum absolute atomic E-state index is 0.158. The van der Waals surface area contributed by atoms with Crippen LogP contribution in [0.25, 0.3) is 11.1 Å². The van der Waals surface area contributed by atoms with E-state index in [1.165, 1.54) is 12.1 Å². The van der Waals surface area contributed by atoms with Crippen LogP contribution >= 0.6 is 0 Å². The van der Waals surface area contributed by atoms with Crippen LogP contribution in [0.3, 0.4) is 0 Å². The smallest absolute Gasteiger partial charge is 0.153 e. The fourth-order valence-electron chi connectivity index (χ4n) is 2.03. The van der Waals surface area contributed by atoms with E-state index in [0.29, 0.717) is 17.0 Å². The van der Waals surface area contributed by atoms with E-state index in [4.69, 9.17) is 5.73 Å². The van der Waals surface area contributed by atoms with Gasteiger partial charge in [-0.2, -0.15) is 5.10 Å². The average molecular weight is 265 g/mol. The maximum Gasteiger partial charge on any atom is 0.153 e. The predicted octanol–water partition coefficient (Wildman–Crippen LogP) is 3.70. The van der Waals surface area contributed by atoms with E-state index in [1.54, 1.807) is 0 Å². The van der Waals surface area contributed by atoms with Crippen LogP contribution in [0.5, 0.6) is 0 Å². The molecule has 0 aliphatic carbocycles. The Balaban J connectivity index is 2.58. The van der Waals surface area contributed by atoms with Crippen LogP contribution in [0.2, 0.25) is 0 Å². The summed E-state index contributed by atoms with van der Waals surface area (Å²) in [7, 11) is 0. The number of aromatic nitrogens is 2. The summed E-state index contributed by atoms with van der Waals surface area (Å²) < 4.78 is 26.7. The molecule has 1 aromatic carbocycles. The van der Waals surface area contributed by atoms with Gasteiger partial charge in [0.25, 0.3) is 0 Å². The molecule has 2 aromatic rings. The molecule has 0 aliphatic heterocycles. The Kier molecular flexibility index (Phi) is 3.55. The van der Waals surface area contributed by atoms with Gasteiger partial charge in [-0.15, -0.1) is 0 Å². The summed E-state index contributed by atoms with van der Waals surface area (Å²) in [6, 6.07) is 3.37. The Bertz CT molecular complexity index is 570. The van der Waals surface area contributed by atoms with Crippen molar-refractivity contribution in [3.8, 4) is 11.1 Å². The zero-order valence-corrected chi connectivity index (χ0v) is 11.2. The summed E-state index contributed by atoms with van der Waals surface area (Å²) in [5.74, 6) is -0.479. The number of aromatic amines is 1. The highest BCUT2D eigenvalue weighted by Crippen LogP contribution is 2.35. The maximum atomic E-state index is 13.3. The van der Waals surface area contributed by atoms with Crippen molar-refractivity contribution in [1.82, 2.24) is 10.2 Å². The van der Waals surface area contributed by atoms with Crippen molar-refractivity contribution in [3.63, 3.8) is 0 Å². The summed E-state index contributed by atoms with van der Waals surface area (Å²) in [4.78, 5) is 0. The van der Waals surface area contributed by atoms with Gasteiger partial charge in [0.05, 0.1) is 0 Å². The number of benzene rings is 1. The lowest BCUT2D eigenvalue weighted by Crippen LogP contribution is -2.04. The molecule has 1 unspecified atom stereocenters. The first-order valence-corrected chi connectivity index (χ1v) is 6.20. The molecule has 19 heavy (non-hydrogen) atoms. The number of H-pyrrole nitrogens is 1. The highest BCUT2D eigenvalue weighted by molar-refractivity contribution is 5.76. The van der Waals surface area contributed by atoms with Crippen molar-refractivity contribution in [1.29, 1.82) is 0 Å². The minimum Gasteiger partial charge on any atom is -0.382 e. The second kappa shape index (κ2) is 4.99. The molecular weight excluding hydrogens is 248 g/mol. The number of hydrogen-bond acceptors (Lipinski definition) is 2. The molecule has 3 nitrogen and oxygen atoms in total. The number of nitrogen functional groups attached to an aromatic ring is 1. The Hall–Kier alpha value is -1.91. The van der Waals surface area contributed by atoms with Crippen molar-refractivity contribution in [2.45, 2.75) is 26.7 Å². The van der Waals surface area contributed by atoms with Gasteiger partial charge in [-0.1, -0.05) is 20.8 Å². The van der Waals surface area contributed by atoms with Crippen molar-refractivity contribution in [2.75, 3.05) is 5.73 Å². The van der Waals surface area contributed by atoms with Crippen LogP contribution < -0.4 is 5.73 Å². The van der Waals surface area contributed by atoms with Crippen LogP contribution in [0.15, 0.2) is 18.2 Å². The normalized spacial score (nSPS) is 12.9. The summed E-state index contributed by atoms with van der Waals surface area (Å²) >= 11 is 0. The molecule has 1 aromatic heterocycles. The molecule has 0 saturated heterocycles. The molecule has 0 radical (unpaired) electrons. The van der Waals surface area contributed by atoms with Gasteiger partial charge in [-0.25, -0.2) is 8.78 Å². The van der Waals surface area contributed by atoms with E-state index in [-0.39, 0.29) is 11.7 Å². The van der Waals surface area contributed by atoms with Crippen LogP contribution in [-0.4, -0.2) is 10.2 Å². The molecule has 102 valence electrons. The fourth-order valence-corrected chi connectivity index (χ4v) is 2.03. The number of nitrogens with zero attached hydrogens (tertiary/aromatic N) is 1. The maximum absolute atomic E-state index is 13.3. The van der Waals surface area contributed by atoms with Crippen LogP contribution in [0, 0.1) is 17.6 Å². The molecule has 0 spiro atoms. The monoisotopic (exact) mass is 265 g/mol. The van der Waals surface area contributed by atoms with Crippen molar-refractivity contribution in [2.24, 2.45) is 5.92 Å². The Morgan fingerprint density at radius 2 is 1.68 bits per heavy atom. The third-order valence-electron chi connectivity index (χ3n) is 3.43. The Labute approximate surface area is 110 Å². The van der Waals surface area contributed by atoms with Gasteiger partial charge in [-0.05, 0) is 23.6 Å². The molecule has 1 heterocycles. The second-order valence-electron chi connectivity index (χ2n) is 5.09. The SMILES string of the molecule is CC(C)C(C)c1[nH]nc(N)c1-c1cc(F)cc(F)c1. The minimum atomic E-state index is -0.626. The van der Waals surface area contributed by atoms with Crippen molar-refractivity contribution in [3.05, 3.63) is 35.5 Å². The lowest BCUT2D eigenvalue weighted by Gasteiger charge is -2.16. The zero-order valence-electron chi connectivity index (χ0n) is 11.2. The molecule has 0 amide bonds. The third kappa shape index (κ3) is 2.59. The quantitative estimate of drug-likeness (QED) is 0.889. The molecule has 5 heteroatoms. The van der Waals surface area contributed by atoms with Crippen LogP contribution in [-0.2, 0) is 0 Å². The molecule has 2 rings (SSSR count). The molecule has 0 saturated carbocycles. The lowest BCUT2D eigenvalue weighted by atomic mass is 9.90. The van der Waals surface area contributed by atoms with Crippen LogP contribution in [0.4, 0.5) is 14.6 Å². The van der Waals surface area contributed by atoms with Gasteiger partial charge >= 0.3 is 0 Å². The summed E-state index contributed by atoms with van der Waals surface area (Å²) in [6.45, 7) is 6.16. The molecule has 3 N–H and O–H groups in total. The zero-order chi connectivity index (χ0) is 14.2. The number of nitrogens with two attached hydrogens (primary N) is 1. The van der Waals surface area contributed by atoms with Crippen LogP contribution in [0.1, 0.15) is 32.4 Å². The average Bonchev–Trinajstić information content (AvgIpc) is 2.68. The van der Waals surface area contributed by atoms with E-state index in [2.05, 4.69) is 24.0 Å². The summed E-state index contributed by atoms with van der Waals surface area (Å²) in [5, 5.41) is 6.84. The molecule has 1 atom stereocenters. The van der Waals surface area contributed by atoms with E-state index in [0.717, 1.165) is 11.8 Å². The topological polar surface area (TPSA) is 54.7 Å². The van der Waals surface area contributed by atoms with Gasteiger partial charge < -0.3 is 5.73 Å². The number of halogens is 2. The molecule has 0 fully saturated rings. The van der Waals surface area contributed by atoms with Crippen molar-refractivity contribution >= 4 is 5.82 Å². The van der Waals surface area contributed by atoms with E-state index in [9.17, 15) is 8.78 Å². The van der Waals surface area contributed by atoms with Gasteiger partial charge in [0.15, 0.2) is 5.82 Å². The highest BCUT2D eigenvalue weighted by atomic mass is 19.1. The molecule has 0 aliphatic rings. The van der Waals surface area contributed by atoms with Crippen molar-refractivity contribution < 1.29 is 8.78 Å². The Morgan fingerprint density at radius 3 is 2.21 bits per heavy atom. The Morgan fingerprint density at radius 1 is 1.11 bits per heavy atom. The first kappa shape index (κ1) is 13.5. The van der Waals surface area contributed by atoms with Gasteiger partial charge in [0, 0.05) is 23.2 Å². The predicted molar refractivity (Wildman–Crippen MR) is 71.6 cm³/mol. The first-order chi connectivity index (χ1) is 8.90. The summed E-state index contributed by atoms with van der Waals surface area (Å²) in [5.41, 5.74) is 7.62. The second-order valence-corrected chi connectivity index (χ2v) is 5.09. The summed E-state index contributed by atoms with van der Waals surface area (Å²) in [6.07, 6.45) is 0. The van der Waals surface area contributed by atoms with E-state index >= 15 is 0 Å². The number of rotatable bonds is 3. The van der Waals surface area contributed by atoms with E-state index in [1.807, 2.05) is 6.92 Å². The first-order valence-electron chi connectivity index (χ1n) is 6.20. The molecular formula is C14H17F2N3. The van der Waals surface area contributed by atoms with Gasteiger partial charge in [-0.3, -0.25) is 5.10 Å². The largest absolute Gasteiger partial charge is 0.382 e. The van der Waals surface area contributed by atoms with Gasteiger partial charge in [0.1, 0.15) is 11.6 Å².